The smallest absolute Gasteiger partial charge is 0.134 e. The summed E-state index contributed by atoms with van der Waals surface area (Å²) in [6, 6.07) is 18.9. The fraction of sp³-hybridized carbons (Fsp3) is 0.393. The molecule has 0 saturated carbocycles. The minimum Gasteiger partial charge on any atom is -0.460 e. The van der Waals surface area contributed by atoms with Crippen LogP contribution in [0.2, 0.25) is 0 Å². The molecule has 0 amide bonds. The lowest BCUT2D eigenvalue weighted by atomic mass is 10.1. The average Bonchev–Trinajstić information content (AvgIpc) is 3.46. The van der Waals surface area contributed by atoms with Gasteiger partial charge in [0.2, 0.25) is 0 Å². The molecule has 0 atom stereocenters. The number of pyridine rings is 1. The number of fused-ring (bicyclic) bond motifs is 3. The molecule has 2 aromatic carbocycles. The zero-order valence-corrected chi connectivity index (χ0v) is 18.8. The predicted octanol–water partition coefficient (Wildman–Crippen LogP) is 6.62. The van der Waals surface area contributed by atoms with E-state index in [9.17, 15) is 0 Å². The number of rotatable bonds is 11. The van der Waals surface area contributed by atoms with E-state index >= 15 is 0 Å². The summed E-state index contributed by atoms with van der Waals surface area (Å²) in [5, 5.41) is 9.74. The maximum atomic E-state index is 5.86. The van der Waals surface area contributed by atoms with Gasteiger partial charge in [0, 0.05) is 28.7 Å². The van der Waals surface area contributed by atoms with Gasteiger partial charge in [-0.15, -0.1) is 0 Å². The number of aromatic nitrogens is 1. The number of unbranched alkanes of at least 4 members (excludes halogenated alkanes) is 4. The van der Waals surface area contributed by atoms with Crippen LogP contribution in [0.3, 0.4) is 0 Å². The fourth-order valence-corrected chi connectivity index (χ4v) is 4.87. The van der Waals surface area contributed by atoms with E-state index in [4.69, 9.17) is 9.40 Å². The van der Waals surface area contributed by atoms with Gasteiger partial charge in [-0.05, 0) is 62.4 Å². The van der Waals surface area contributed by atoms with Gasteiger partial charge in [0.05, 0.1) is 12.1 Å². The molecule has 0 saturated heterocycles. The molecule has 166 valence electrons. The van der Waals surface area contributed by atoms with Crippen LogP contribution >= 0.6 is 0 Å². The van der Waals surface area contributed by atoms with Crippen LogP contribution < -0.4 is 10.6 Å². The number of nitrogens with one attached hydrogen (secondary N) is 2. The minimum atomic E-state index is 0.808. The number of aryl methyl sites for hydroxylation is 1. The van der Waals surface area contributed by atoms with Crippen molar-refractivity contribution in [2.75, 3.05) is 18.4 Å². The first kappa shape index (κ1) is 21.0. The third-order valence-electron chi connectivity index (χ3n) is 6.53. The third-order valence-corrected chi connectivity index (χ3v) is 6.53. The van der Waals surface area contributed by atoms with Crippen LogP contribution in [0.25, 0.3) is 21.9 Å². The van der Waals surface area contributed by atoms with E-state index in [-0.39, 0.29) is 0 Å². The highest BCUT2D eigenvalue weighted by Gasteiger charge is 2.19. The van der Waals surface area contributed by atoms with E-state index in [1.54, 1.807) is 0 Å². The molecule has 0 spiro atoms. The Kier molecular flexibility index (Phi) is 6.69. The second-order valence-electron chi connectivity index (χ2n) is 8.90. The largest absolute Gasteiger partial charge is 0.460 e. The Morgan fingerprint density at radius 3 is 2.59 bits per heavy atom. The van der Waals surface area contributed by atoms with Crippen LogP contribution in [-0.4, -0.2) is 18.1 Å². The minimum absolute atomic E-state index is 0.808. The van der Waals surface area contributed by atoms with Gasteiger partial charge in [0.25, 0.3) is 0 Å². The Labute approximate surface area is 190 Å². The first-order valence-electron chi connectivity index (χ1n) is 12.2. The van der Waals surface area contributed by atoms with Crippen molar-refractivity contribution in [1.29, 1.82) is 0 Å². The third kappa shape index (κ3) is 4.81. The summed E-state index contributed by atoms with van der Waals surface area (Å²) in [5.41, 5.74) is 6.21. The highest BCUT2D eigenvalue weighted by molar-refractivity contribution is 5.93. The number of nitrogens with zero attached hydrogens (tertiary/aromatic N) is 1. The van der Waals surface area contributed by atoms with Crippen molar-refractivity contribution in [3.63, 3.8) is 0 Å². The molecule has 2 N–H and O–H groups in total. The summed E-state index contributed by atoms with van der Waals surface area (Å²) in [6.07, 6.45) is 9.81. The standard InChI is InChI=1S/C28H33N3O/c1(2-8-17-29-20-22-19-21-11-4-7-16-27(21)32-22)3-9-18-30-28-23-12-5-6-14-25(23)31-26-15-10-13-24(26)28/h4-7,11-12,14,16,19,29H,1-3,8-10,13,15,17-18,20H2,(H,30,31). The van der Waals surface area contributed by atoms with E-state index in [0.29, 0.717) is 0 Å². The molecule has 5 rings (SSSR count). The van der Waals surface area contributed by atoms with Crippen molar-refractivity contribution in [3.8, 4) is 0 Å². The van der Waals surface area contributed by atoms with E-state index in [1.807, 2.05) is 12.1 Å². The number of hydrogen-bond acceptors (Lipinski definition) is 4. The van der Waals surface area contributed by atoms with E-state index < -0.39 is 0 Å². The van der Waals surface area contributed by atoms with Gasteiger partial charge in [-0.1, -0.05) is 55.7 Å². The highest BCUT2D eigenvalue weighted by atomic mass is 16.3. The first-order valence-corrected chi connectivity index (χ1v) is 12.2. The fourth-order valence-electron chi connectivity index (χ4n) is 4.87. The molecule has 32 heavy (non-hydrogen) atoms. The SMILES string of the molecule is c1ccc2oc(CNCCCCCCCNc3c4c(nc5ccccc35)CCC4)cc2c1. The van der Waals surface area contributed by atoms with Gasteiger partial charge in [-0.3, -0.25) is 4.98 Å². The molecule has 1 aliphatic carbocycles. The second-order valence-corrected chi connectivity index (χ2v) is 8.90. The summed E-state index contributed by atoms with van der Waals surface area (Å²) in [6.45, 7) is 2.90. The van der Waals surface area contributed by atoms with Gasteiger partial charge >= 0.3 is 0 Å². The number of furan rings is 1. The van der Waals surface area contributed by atoms with Crippen molar-refractivity contribution in [2.24, 2.45) is 0 Å². The van der Waals surface area contributed by atoms with Crippen LogP contribution in [0.15, 0.2) is 59.0 Å². The van der Waals surface area contributed by atoms with Crippen molar-refractivity contribution in [3.05, 3.63) is 71.6 Å². The average molecular weight is 428 g/mol. The molecule has 0 radical (unpaired) electrons. The van der Waals surface area contributed by atoms with Crippen molar-refractivity contribution >= 4 is 27.6 Å². The summed E-state index contributed by atoms with van der Waals surface area (Å²) in [7, 11) is 0. The van der Waals surface area contributed by atoms with Crippen molar-refractivity contribution in [1.82, 2.24) is 10.3 Å². The molecule has 4 aromatic rings. The Balaban J connectivity index is 0.989. The predicted molar refractivity (Wildman–Crippen MR) is 133 cm³/mol. The van der Waals surface area contributed by atoms with Gasteiger partial charge in [0.15, 0.2) is 0 Å². The van der Waals surface area contributed by atoms with E-state index in [2.05, 4.69) is 53.1 Å². The van der Waals surface area contributed by atoms with Gasteiger partial charge < -0.3 is 15.1 Å². The molecular weight excluding hydrogens is 394 g/mol. The molecule has 0 bridgehead atoms. The van der Waals surface area contributed by atoms with Crippen LogP contribution in [-0.2, 0) is 19.4 Å². The molecule has 0 unspecified atom stereocenters. The number of para-hydroxylation sites is 2. The summed E-state index contributed by atoms with van der Waals surface area (Å²) in [5.74, 6) is 1.02. The molecule has 4 nitrogen and oxygen atoms in total. The monoisotopic (exact) mass is 427 g/mol. The zero-order valence-electron chi connectivity index (χ0n) is 18.8. The quantitative estimate of drug-likeness (QED) is 0.264. The number of anilines is 1. The summed E-state index contributed by atoms with van der Waals surface area (Å²) < 4.78 is 5.86. The lowest BCUT2D eigenvalue weighted by Gasteiger charge is -2.14. The lowest BCUT2D eigenvalue weighted by Crippen LogP contribution is -2.14. The number of hydrogen-bond donors (Lipinski definition) is 2. The molecule has 1 aliphatic rings. The molecule has 4 heteroatoms. The molecule has 0 fully saturated rings. The van der Waals surface area contributed by atoms with E-state index in [1.165, 1.54) is 66.2 Å². The summed E-state index contributed by atoms with van der Waals surface area (Å²) >= 11 is 0. The van der Waals surface area contributed by atoms with Crippen LogP contribution in [0.5, 0.6) is 0 Å². The molecular formula is C28H33N3O. The van der Waals surface area contributed by atoms with E-state index in [0.717, 1.165) is 49.3 Å². The van der Waals surface area contributed by atoms with Gasteiger partial charge in [0.1, 0.15) is 11.3 Å². The summed E-state index contributed by atoms with van der Waals surface area (Å²) in [4.78, 5) is 4.89. The topological polar surface area (TPSA) is 50.1 Å². The molecule has 2 heterocycles. The number of benzene rings is 2. The lowest BCUT2D eigenvalue weighted by molar-refractivity contribution is 0.502. The maximum Gasteiger partial charge on any atom is 0.134 e. The Morgan fingerprint density at radius 1 is 0.844 bits per heavy atom. The van der Waals surface area contributed by atoms with Crippen LogP contribution in [0.4, 0.5) is 5.69 Å². The zero-order chi connectivity index (χ0) is 21.6. The van der Waals surface area contributed by atoms with Crippen LogP contribution in [0.1, 0.15) is 55.5 Å². The van der Waals surface area contributed by atoms with Crippen LogP contribution in [0, 0.1) is 0 Å². The van der Waals surface area contributed by atoms with Crippen molar-refractivity contribution in [2.45, 2.75) is 57.9 Å². The van der Waals surface area contributed by atoms with Gasteiger partial charge in [-0.2, -0.15) is 0 Å². The van der Waals surface area contributed by atoms with Crippen molar-refractivity contribution < 1.29 is 4.42 Å². The Morgan fingerprint density at radius 2 is 1.66 bits per heavy atom. The first-order chi connectivity index (χ1) is 15.9. The maximum absolute atomic E-state index is 5.86. The van der Waals surface area contributed by atoms with Gasteiger partial charge in [-0.25, -0.2) is 0 Å². The molecule has 2 aromatic heterocycles. The molecule has 0 aliphatic heterocycles. The normalized spacial score (nSPS) is 13.1. The highest BCUT2D eigenvalue weighted by Crippen LogP contribution is 2.34. The second kappa shape index (κ2) is 10.2. The Bertz CT molecular complexity index is 1150. The Hall–Kier alpha value is -2.85.